The summed E-state index contributed by atoms with van der Waals surface area (Å²) in [5.74, 6) is 1.80. The fourth-order valence-electron chi connectivity index (χ4n) is 4.37. The second-order valence-electron chi connectivity index (χ2n) is 8.58. The molecule has 12 heteroatoms. The van der Waals surface area contributed by atoms with Crippen LogP contribution in [0.1, 0.15) is 12.8 Å². The molecule has 0 atom stereocenters. The van der Waals surface area contributed by atoms with Gasteiger partial charge in [-0.1, -0.05) is 0 Å². The van der Waals surface area contributed by atoms with Gasteiger partial charge in [0.25, 0.3) is 0 Å². The van der Waals surface area contributed by atoms with Crippen molar-refractivity contribution in [2.45, 2.75) is 17.7 Å². The molecule has 0 unspecified atom stereocenters. The SMILES string of the molecule is COc1ccc(OC)c(-c2csc(NC(=O)C3CCN(S(=O)(=O)c4ccc5c(c4)OCCO5)CC3)n2)c1. The third-order valence-corrected chi connectivity index (χ3v) is 9.05. The van der Waals surface area contributed by atoms with Crippen molar-refractivity contribution < 1.29 is 32.2 Å². The van der Waals surface area contributed by atoms with E-state index in [2.05, 4.69) is 10.3 Å². The molecular formula is C25H27N3O7S2. The maximum atomic E-state index is 13.2. The number of hydrogen-bond donors (Lipinski definition) is 1. The predicted molar refractivity (Wildman–Crippen MR) is 138 cm³/mol. The van der Waals surface area contributed by atoms with Gasteiger partial charge in [-0.25, -0.2) is 13.4 Å². The number of amides is 1. The van der Waals surface area contributed by atoms with E-state index in [-0.39, 0.29) is 29.8 Å². The van der Waals surface area contributed by atoms with Gasteiger partial charge < -0.3 is 24.3 Å². The minimum Gasteiger partial charge on any atom is -0.497 e. The van der Waals surface area contributed by atoms with E-state index in [0.29, 0.717) is 59.9 Å². The zero-order valence-electron chi connectivity index (χ0n) is 20.4. The van der Waals surface area contributed by atoms with E-state index in [0.717, 1.165) is 5.56 Å². The van der Waals surface area contributed by atoms with Crippen LogP contribution in [0.25, 0.3) is 11.3 Å². The highest BCUT2D eigenvalue weighted by atomic mass is 32.2. The van der Waals surface area contributed by atoms with E-state index in [1.807, 2.05) is 11.4 Å². The Morgan fingerprint density at radius 1 is 1.05 bits per heavy atom. The van der Waals surface area contributed by atoms with Crippen molar-refractivity contribution in [3.8, 4) is 34.3 Å². The Morgan fingerprint density at radius 2 is 1.81 bits per heavy atom. The standard InChI is InChI=1S/C25H27N3O7S2/c1-32-17-3-5-21(33-2)19(13-17)20-15-36-25(26-20)27-24(29)16-7-9-28(10-8-16)37(30,31)18-4-6-22-23(14-18)35-12-11-34-22/h3-6,13-16H,7-12H2,1-2H3,(H,26,27,29). The number of rotatable bonds is 7. The van der Waals surface area contributed by atoms with Gasteiger partial charge >= 0.3 is 0 Å². The molecule has 2 aliphatic rings. The summed E-state index contributed by atoms with van der Waals surface area (Å²) < 4.78 is 49.5. The fourth-order valence-corrected chi connectivity index (χ4v) is 6.57. The van der Waals surface area contributed by atoms with Crippen LogP contribution in [0.4, 0.5) is 5.13 Å². The van der Waals surface area contributed by atoms with Crippen LogP contribution in [-0.4, -0.2) is 64.1 Å². The monoisotopic (exact) mass is 545 g/mol. The average Bonchev–Trinajstić information content (AvgIpc) is 3.40. The fraction of sp³-hybridized carbons (Fsp3) is 0.360. The number of sulfonamides is 1. The molecule has 1 saturated heterocycles. The zero-order valence-corrected chi connectivity index (χ0v) is 22.1. The molecule has 3 heterocycles. The Morgan fingerprint density at radius 3 is 2.54 bits per heavy atom. The van der Waals surface area contributed by atoms with Gasteiger partial charge in [-0.15, -0.1) is 11.3 Å². The van der Waals surface area contributed by atoms with E-state index in [4.69, 9.17) is 18.9 Å². The van der Waals surface area contributed by atoms with Crippen molar-refractivity contribution in [2.24, 2.45) is 5.92 Å². The minimum absolute atomic E-state index is 0.155. The molecule has 0 saturated carbocycles. The number of methoxy groups -OCH3 is 2. The summed E-state index contributed by atoms with van der Waals surface area (Å²) in [6.45, 7) is 1.31. The first kappa shape index (κ1) is 25.3. The van der Waals surface area contributed by atoms with Crippen LogP contribution in [0, 0.1) is 5.92 Å². The molecule has 0 bridgehead atoms. The van der Waals surface area contributed by atoms with E-state index < -0.39 is 10.0 Å². The number of nitrogens with one attached hydrogen (secondary N) is 1. The minimum atomic E-state index is -3.71. The molecule has 1 N–H and O–H groups in total. The van der Waals surface area contributed by atoms with Crippen LogP contribution >= 0.6 is 11.3 Å². The molecule has 0 radical (unpaired) electrons. The Kier molecular flexibility index (Phi) is 7.22. The molecule has 2 aromatic carbocycles. The van der Waals surface area contributed by atoms with E-state index >= 15 is 0 Å². The van der Waals surface area contributed by atoms with Crippen molar-refractivity contribution >= 4 is 32.4 Å². The number of piperidine rings is 1. The van der Waals surface area contributed by atoms with Crippen molar-refractivity contribution in [3.05, 3.63) is 41.8 Å². The zero-order chi connectivity index (χ0) is 26.0. The molecule has 3 aromatic rings. The molecular weight excluding hydrogens is 518 g/mol. The van der Waals surface area contributed by atoms with Crippen LogP contribution in [0.3, 0.4) is 0 Å². The lowest BCUT2D eigenvalue weighted by Crippen LogP contribution is -2.41. The molecule has 5 rings (SSSR count). The summed E-state index contributed by atoms with van der Waals surface area (Å²) in [5.41, 5.74) is 1.42. The van der Waals surface area contributed by atoms with Gasteiger partial charge in [0.2, 0.25) is 15.9 Å². The number of anilines is 1. The Labute approximate surface area is 219 Å². The number of fused-ring (bicyclic) bond motifs is 1. The Balaban J connectivity index is 1.21. The highest BCUT2D eigenvalue weighted by Crippen LogP contribution is 2.36. The number of thiazole rings is 1. The largest absolute Gasteiger partial charge is 0.497 e. The van der Waals surface area contributed by atoms with Crippen molar-refractivity contribution in [3.63, 3.8) is 0 Å². The van der Waals surface area contributed by atoms with Crippen molar-refractivity contribution in [1.82, 2.24) is 9.29 Å². The van der Waals surface area contributed by atoms with Crippen LogP contribution in [0.5, 0.6) is 23.0 Å². The Bertz CT molecular complexity index is 1400. The van der Waals surface area contributed by atoms with E-state index in [9.17, 15) is 13.2 Å². The van der Waals surface area contributed by atoms with E-state index in [1.165, 1.54) is 27.8 Å². The smallest absolute Gasteiger partial charge is 0.243 e. The summed E-state index contributed by atoms with van der Waals surface area (Å²) in [4.78, 5) is 17.6. The Hall–Kier alpha value is -3.35. The first-order valence-corrected chi connectivity index (χ1v) is 14.1. The van der Waals surface area contributed by atoms with Gasteiger partial charge in [-0.2, -0.15) is 4.31 Å². The third-order valence-electron chi connectivity index (χ3n) is 6.39. The molecule has 1 fully saturated rings. The van der Waals surface area contributed by atoms with Gasteiger partial charge in [0, 0.05) is 36.0 Å². The summed E-state index contributed by atoms with van der Waals surface area (Å²) in [5, 5.41) is 5.20. The number of benzene rings is 2. The average molecular weight is 546 g/mol. The number of ether oxygens (including phenoxy) is 4. The van der Waals surface area contributed by atoms with E-state index in [1.54, 1.807) is 32.4 Å². The lowest BCUT2D eigenvalue weighted by Gasteiger charge is -2.30. The van der Waals surface area contributed by atoms with Crippen LogP contribution in [-0.2, 0) is 14.8 Å². The highest BCUT2D eigenvalue weighted by molar-refractivity contribution is 7.89. The number of carbonyl (C=O) groups excluding carboxylic acids is 1. The summed E-state index contributed by atoms with van der Waals surface area (Å²) in [6.07, 6.45) is 0.828. The summed E-state index contributed by atoms with van der Waals surface area (Å²) in [7, 11) is -0.537. The quantitative estimate of drug-likeness (QED) is 0.479. The normalized spacial score (nSPS) is 16.3. The lowest BCUT2D eigenvalue weighted by molar-refractivity contribution is -0.120. The number of aromatic nitrogens is 1. The third kappa shape index (κ3) is 5.22. The molecule has 37 heavy (non-hydrogen) atoms. The molecule has 1 aromatic heterocycles. The summed E-state index contributed by atoms with van der Waals surface area (Å²) >= 11 is 1.31. The van der Waals surface area contributed by atoms with Crippen LogP contribution in [0.2, 0.25) is 0 Å². The first-order chi connectivity index (χ1) is 17.9. The highest BCUT2D eigenvalue weighted by Gasteiger charge is 2.33. The van der Waals surface area contributed by atoms with Gasteiger partial charge in [-0.05, 0) is 43.2 Å². The van der Waals surface area contributed by atoms with Gasteiger partial charge in [-0.3, -0.25) is 4.79 Å². The molecule has 0 aliphatic carbocycles. The molecule has 196 valence electrons. The van der Waals surface area contributed by atoms with Crippen LogP contribution < -0.4 is 24.3 Å². The second kappa shape index (κ2) is 10.6. The van der Waals surface area contributed by atoms with Gasteiger partial charge in [0.15, 0.2) is 16.6 Å². The first-order valence-electron chi connectivity index (χ1n) is 11.8. The van der Waals surface area contributed by atoms with Gasteiger partial charge in [0.1, 0.15) is 24.7 Å². The number of nitrogens with zero attached hydrogens (tertiary/aromatic N) is 2. The molecule has 1 amide bonds. The van der Waals surface area contributed by atoms with Crippen LogP contribution in [0.15, 0.2) is 46.7 Å². The molecule has 2 aliphatic heterocycles. The second-order valence-corrected chi connectivity index (χ2v) is 11.4. The number of hydrogen-bond acceptors (Lipinski definition) is 9. The molecule has 0 spiro atoms. The number of carbonyl (C=O) groups is 1. The molecule has 10 nitrogen and oxygen atoms in total. The maximum absolute atomic E-state index is 13.2. The predicted octanol–water partition coefficient (Wildman–Crippen LogP) is 3.64. The lowest BCUT2D eigenvalue weighted by atomic mass is 9.97. The van der Waals surface area contributed by atoms with Gasteiger partial charge in [0.05, 0.1) is 24.8 Å². The van der Waals surface area contributed by atoms with Crippen molar-refractivity contribution in [2.75, 3.05) is 45.8 Å². The van der Waals surface area contributed by atoms with Crippen molar-refractivity contribution in [1.29, 1.82) is 0 Å². The summed E-state index contributed by atoms with van der Waals surface area (Å²) in [6, 6.07) is 10.1. The topological polar surface area (TPSA) is 116 Å². The maximum Gasteiger partial charge on any atom is 0.243 e.